The molecule has 1 nitrogen and oxygen atoms in total. The van der Waals surface area contributed by atoms with Crippen molar-refractivity contribution in [3.8, 4) is 55.6 Å². The lowest BCUT2D eigenvalue weighted by Crippen LogP contribution is -2.75. The quantitative estimate of drug-likeness (QED) is 0.0873. The summed E-state index contributed by atoms with van der Waals surface area (Å²) < 4.78 is 0. The van der Waals surface area contributed by atoms with Gasteiger partial charge in [0.05, 0.1) is 0 Å². The highest BCUT2D eigenvalue weighted by atomic mass is 28.3. The van der Waals surface area contributed by atoms with Crippen LogP contribution in [0.25, 0.3) is 55.6 Å². The molecule has 0 aromatic heterocycles. The number of nitrogens with zero attached hydrogens (tertiary/aromatic N) is 1. The van der Waals surface area contributed by atoms with Gasteiger partial charge in [0, 0.05) is 17.1 Å². The van der Waals surface area contributed by atoms with E-state index in [1.165, 1.54) is 70.8 Å². The van der Waals surface area contributed by atoms with Crippen molar-refractivity contribution in [1.29, 1.82) is 0 Å². The summed E-state index contributed by atoms with van der Waals surface area (Å²) in [4.78, 5) is 2.35. The second-order valence-corrected chi connectivity index (χ2v) is 21.0. The molecule has 0 saturated heterocycles. The van der Waals surface area contributed by atoms with Crippen molar-refractivity contribution in [2.45, 2.75) is 0 Å². The Morgan fingerprint density at radius 2 is 0.456 bits per heavy atom. The fourth-order valence-corrected chi connectivity index (χ4v) is 15.1. The summed E-state index contributed by atoms with van der Waals surface area (Å²) in [6, 6.07) is 109. The first kappa shape index (κ1) is 42.1. The molecular formula is C66H49NSi. The molecule has 0 atom stereocenters. The maximum absolute atomic E-state index is 2.85. The normalized spacial score (nSPS) is 11.2. The first-order valence-corrected chi connectivity index (χ1v) is 25.4. The van der Waals surface area contributed by atoms with Crippen molar-refractivity contribution in [2.24, 2.45) is 0 Å². The zero-order chi connectivity index (χ0) is 45.5. The Morgan fingerprint density at radius 1 is 0.191 bits per heavy atom. The zero-order valence-electron chi connectivity index (χ0n) is 37.7. The van der Waals surface area contributed by atoms with E-state index in [4.69, 9.17) is 0 Å². The Balaban J connectivity index is 1.02. The molecule has 0 amide bonds. The van der Waals surface area contributed by atoms with Crippen LogP contribution in [0.1, 0.15) is 0 Å². The van der Waals surface area contributed by atoms with E-state index < -0.39 is 8.07 Å². The second-order valence-electron chi connectivity index (χ2n) is 17.2. The minimum absolute atomic E-state index is 1.09. The van der Waals surface area contributed by atoms with E-state index >= 15 is 0 Å². The molecule has 0 N–H and O–H groups in total. The Hall–Kier alpha value is -8.56. The van der Waals surface area contributed by atoms with E-state index in [1.54, 1.807) is 0 Å². The van der Waals surface area contributed by atoms with Gasteiger partial charge in [0.1, 0.15) is 0 Å². The van der Waals surface area contributed by atoms with Crippen LogP contribution in [0.2, 0.25) is 0 Å². The van der Waals surface area contributed by atoms with Crippen molar-refractivity contribution >= 4 is 45.9 Å². The number of benzene rings is 11. The molecule has 11 aromatic carbocycles. The predicted molar refractivity (Wildman–Crippen MR) is 292 cm³/mol. The van der Waals surface area contributed by atoms with Gasteiger partial charge in [0.25, 0.3) is 0 Å². The Labute approximate surface area is 401 Å². The molecule has 11 rings (SSSR count). The fraction of sp³-hybridized carbons (Fsp3) is 0. The monoisotopic (exact) mass is 883 g/mol. The van der Waals surface area contributed by atoms with Crippen LogP contribution in [0.5, 0.6) is 0 Å². The van der Waals surface area contributed by atoms with Gasteiger partial charge in [-0.25, -0.2) is 0 Å². The third-order valence-corrected chi connectivity index (χ3v) is 18.1. The summed E-state index contributed by atoms with van der Waals surface area (Å²) >= 11 is 0. The summed E-state index contributed by atoms with van der Waals surface area (Å²) in [5, 5.41) is 5.44. The van der Waals surface area contributed by atoms with Crippen LogP contribution in [0, 0.1) is 0 Å². The molecule has 0 saturated carbocycles. The highest BCUT2D eigenvalue weighted by molar-refractivity contribution is 7.20. The van der Waals surface area contributed by atoms with E-state index in [0.717, 1.165) is 22.6 Å². The van der Waals surface area contributed by atoms with Gasteiger partial charge in [-0.05, 0) is 113 Å². The molecule has 2 heteroatoms. The topological polar surface area (TPSA) is 3.24 Å². The number of hydrogen-bond acceptors (Lipinski definition) is 1. The number of rotatable bonds is 12. The van der Waals surface area contributed by atoms with E-state index in [1.807, 2.05) is 0 Å². The molecule has 0 heterocycles. The summed E-state index contributed by atoms with van der Waals surface area (Å²) in [5.41, 5.74) is 15.3. The molecule has 0 spiro atoms. The molecule has 68 heavy (non-hydrogen) atoms. The van der Waals surface area contributed by atoms with Crippen LogP contribution in [0.15, 0.2) is 297 Å². The van der Waals surface area contributed by atoms with E-state index in [-0.39, 0.29) is 0 Å². The highest BCUT2D eigenvalue weighted by Crippen LogP contribution is 2.41. The SMILES string of the molecule is c1ccc(-c2ccc(N(c3ccc(-c4ccccc4)cc3)c3ccc(-c4ccccc4-c4ccccc4-c4ccccc4[Si](c4ccccc4)(c4ccccc4)c4ccccc4)cc3)cc2)cc1. The largest absolute Gasteiger partial charge is 0.311 e. The van der Waals surface area contributed by atoms with Gasteiger partial charge in [-0.15, -0.1) is 0 Å². The molecule has 0 aliphatic heterocycles. The molecule has 0 unspecified atom stereocenters. The van der Waals surface area contributed by atoms with Crippen LogP contribution in [0.3, 0.4) is 0 Å². The molecule has 0 aliphatic rings. The summed E-state index contributed by atoms with van der Waals surface area (Å²) in [6.45, 7) is 0. The van der Waals surface area contributed by atoms with Gasteiger partial charge in [-0.3, -0.25) is 0 Å². The summed E-state index contributed by atoms with van der Waals surface area (Å²) in [6.07, 6.45) is 0. The molecule has 0 aliphatic carbocycles. The van der Waals surface area contributed by atoms with Gasteiger partial charge >= 0.3 is 0 Å². The van der Waals surface area contributed by atoms with Crippen molar-refractivity contribution in [1.82, 2.24) is 0 Å². The summed E-state index contributed by atoms with van der Waals surface area (Å²) in [5.74, 6) is 0. The van der Waals surface area contributed by atoms with Crippen LogP contribution in [-0.4, -0.2) is 8.07 Å². The van der Waals surface area contributed by atoms with Gasteiger partial charge in [-0.1, -0.05) is 261 Å². The van der Waals surface area contributed by atoms with Gasteiger partial charge in [0.2, 0.25) is 0 Å². The summed E-state index contributed by atoms with van der Waals surface area (Å²) in [7, 11) is -2.85. The Bertz CT molecular complexity index is 3210. The lowest BCUT2D eigenvalue weighted by atomic mass is 9.89. The van der Waals surface area contributed by atoms with Crippen molar-refractivity contribution in [3.63, 3.8) is 0 Å². The lowest BCUT2D eigenvalue weighted by molar-refractivity contribution is 1.28. The first-order chi connectivity index (χ1) is 33.8. The zero-order valence-corrected chi connectivity index (χ0v) is 38.7. The van der Waals surface area contributed by atoms with E-state index in [2.05, 4.69) is 302 Å². The average molecular weight is 884 g/mol. The molecule has 322 valence electrons. The van der Waals surface area contributed by atoms with Crippen molar-refractivity contribution < 1.29 is 0 Å². The maximum atomic E-state index is 2.39. The fourth-order valence-electron chi connectivity index (χ4n) is 10.1. The second kappa shape index (κ2) is 19.1. The minimum Gasteiger partial charge on any atom is -0.311 e. The predicted octanol–water partition coefficient (Wildman–Crippen LogP) is 14.9. The lowest BCUT2D eigenvalue weighted by Gasteiger charge is -2.36. The van der Waals surface area contributed by atoms with Crippen LogP contribution < -0.4 is 25.6 Å². The van der Waals surface area contributed by atoms with Crippen LogP contribution >= 0.6 is 0 Å². The molecule has 0 radical (unpaired) electrons. The average Bonchev–Trinajstić information content (AvgIpc) is 3.43. The van der Waals surface area contributed by atoms with Gasteiger partial charge in [-0.2, -0.15) is 0 Å². The molecule has 0 fully saturated rings. The van der Waals surface area contributed by atoms with E-state index in [9.17, 15) is 0 Å². The van der Waals surface area contributed by atoms with Gasteiger partial charge < -0.3 is 4.90 Å². The van der Waals surface area contributed by atoms with Crippen LogP contribution in [-0.2, 0) is 0 Å². The van der Waals surface area contributed by atoms with Gasteiger partial charge in [0.15, 0.2) is 8.07 Å². The van der Waals surface area contributed by atoms with Crippen molar-refractivity contribution in [3.05, 3.63) is 297 Å². The minimum atomic E-state index is -2.85. The van der Waals surface area contributed by atoms with Crippen LogP contribution in [0.4, 0.5) is 17.1 Å². The Morgan fingerprint density at radius 3 is 0.853 bits per heavy atom. The molecule has 0 bridgehead atoms. The highest BCUT2D eigenvalue weighted by Gasteiger charge is 2.43. The number of hydrogen-bond donors (Lipinski definition) is 0. The molecule has 11 aromatic rings. The third kappa shape index (κ3) is 8.08. The van der Waals surface area contributed by atoms with Crippen molar-refractivity contribution in [2.75, 3.05) is 4.90 Å². The van der Waals surface area contributed by atoms with E-state index in [0.29, 0.717) is 0 Å². The smallest absolute Gasteiger partial charge is 0.180 e. The standard InChI is InChI=1S/C66H49NSi/c1-6-22-50(23-7-1)52-38-44-55(45-39-52)67(56-46-40-53(41-47-56)51-24-8-2-9-25-51)57-48-42-54(43-49-57)61-32-16-17-33-62(61)63-34-18-19-35-64(63)65-36-20-21-37-66(65)68(58-26-10-3-11-27-58,59-28-12-4-13-29-59)60-30-14-5-15-31-60/h1-49H. The molecular weight excluding hydrogens is 835 g/mol. The third-order valence-electron chi connectivity index (χ3n) is 13.3. The Kier molecular flexibility index (Phi) is 11.8. The maximum Gasteiger partial charge on any atom is 0.180 e. The number of anilines is 3. The first-order valence-electron chi connectivity index (χ1n) is 23.4.